The zero-order chi connectivity index (χ0) is 12.3. The Kier molecular flexibility index (Phi) is 3.78. The molecule has 4 nitrogen and oxygen atoms in total. The van der Waals surface area contributed by atoms with E-state index in [9.17, 15) is 4.79 Å². The van der Waals surface area contributed by atoms with Gasteiger partial charge in [0, 0.05) is 17.3 Å². The molecule has 0 amide bonds. The number of aromatic nitrogens is 2. The number of nitrogens with zero attached hydrogens (tertiary/aromatic N) is 1. The van der Waals surface area contributed by atoms with E-state index < -0.39 is 5.97 Å². The molecule has 0 aliphatic carbocycles. The second-order valence-corrected chi connectivity index (χ2v) is 4.86. The fraction of sp³-hybridized carbons (Fsp3) is 0.333. The molecule has 0 aliphatic heterocycles. The number of imidazole rings is 1. The Hall–Kier alpha value is -1.36. The van der Waals surface area contributed by atoms with Crippen molar-refractivity contribution >= 4 is 32.9 Å². The Morgan fingerprint density at radius 2 is 2.24 bits per heavy atom. The third-order valence-electron chi connectivity index (χ3n) is 2.55. The molecule has 0 saturated heterocycles. The van der Waals surface area contributed by atoms with Gasteiger partial charge in [0.25, 0.3) is 0 Å². The van der Waals surface area contributed by atoms with Gasteiger partial charge in [0.05, 0.1) is 11.0 Å². The van der Waals surface area contributed by atoms with Gasteiger partial charge < -0.3 is 10.1 Å². The van der Waals surface area contributed by atoms with Crippen LogP contribution in [0.1, 0.15) is 25.1 Å². The van der Waals surface area contributed by atoms with Crippen molar-refractivity contribution in [3.63, 3.8) is 0 Å². The molecule has 0 bridgehead atoms. The number of halogens is 1. The molecule has 0 spiro atoms. The summed E-state index contributed by atoms with van der Waals surface area (Å²) < 4.78 is 1.02. The molecule has 0 saturated carbocycles. The highest BCUT2D eigenvalue weighted by atomic mass is 79.9. The van der Waals surface area contributed by atoms with Crippen molar-refractivity contribution in [3.8, 4) is 0 Å². The number of H-pyrrole nitrogens is 1. The lowest BCUT2D eigenvalue weighted by Crippen LogP contribution is -1.95. The summed E-state index contributed by atoms with van der Waals surface area (Å²) in [5, 5.41) is 8.53. The van der Waals surface area contributed by atoms with Crippen molar-refractivity contribution < 1.29 is 9.90 Å². The summed E-state index contributed by atoms with van der Waals surface area (Å²) in [5.41, 5.74) is 1.95. The van der Waals surface area contributed by atoms with E-state index in [-0.39, 0.29) is 6.42 Å². The molecule has 5 heteroatoms. The number of benzene rings is 1. The maximum absolute atomic E-state index is 10.4. The molecule has 1 aromatic carbocycles. The number of fused-ring (bicyclic) bond motifs is 1. The lowest BCUT2D eigenvalue weighted by atomic mass is 10.2. The minimum Gasteiger partial charge on any atom is -0.481 e. The zero-order valence-corrected chi connectivity index (χ0v) is 10.8. The fourth-order valence-corrected chi connectivity index (χ4v) is 2.08. The number of aliphatic carboxylic acids is 1. The van der Waals surface area contributed by atoms with Crippen LogP contribution in [0.4, 0.5) is 0 Å². The number of carboxylic acids is 1. The van der Waals surface area contributed by atoms with E-state index in [4.69, 9.17) is 5.11 Å². The molecule has 0 aliphatic rings. The number of rotatable bonds is 5. The van der Waals surface area contributed by atoms with Crippen LogP contribution in [0.3, 0.4) is 0 Å². The molecule has 17 heavy (non-hydrogen) atoms. The van der Waals surface area contributed by atoms with Crippen molar-refractivity contribution in [2.75, 3.05) is 0 Å². The van der Waals surface area contributed by atoms with E-state index in [1.54, 1.807) is 0 Å². The first-order valence-electron chi connectivity index (χ1n) is 5.51. The topological polar surface area (TPSA) is 66.0 Å². The van der Waals surface area contributed by atoms with Gasteiger partial charge in [0.1, 0.15) is 5.82 Å². The van der Waals surface area contributed by atoms with Gasteiger partial charge in [0.15, 0.2) is 0 Å². The average molecular weight is 297 g/mol. The highest BCUT2D eigenvalue weighted by molar-refractivity contribution is 9.10. The van der Waals surface area contributed by atoms with Gasteiger partial charge in [0.2, 0.25) is 0 Å². The van der Waals surface area contributed by atoms with E-state index in [0.717, 1.165) is 34.2 Å². The van der Waals surface area contributed by atoms with Crippen LogP contribution in [-0.2, 0) is 11.2 Å². The van der Waals surface area contributed by atoms with Crippen molar-refractivity contribution in [2.45, 2.75) is 25.7 Å². The van der Waals surface area contributed by atoms with Gasteiger partial charge in [-0.15, -0.1) is 0 Å². The van der Waals surface area contributed by atoms with Crippen molar-refractivity contribution in [1.29, 1.82) is 0 Å². The number of nitrogens with one attached hydrogen (secondary N) is 1. The molecule has 0 fully saturated rings. The van der Waals surface area contributed by atoms with Crippen LogP contribution < -0.4 is 0 Å². The van der Waals surface area contributed by atoms with Gasteiger partial charge in [-0.1, -0.05) is 15.9 Å². The van der Waals surface area contributed by atoms with Crippen molar-refractivity contribution in [3.05, 3.63) is 28.5 Å². The second-order valence-electron chi connectivity index (χ2n) is 3.95. The molecule has 0 atom stereocenters. The predicted molar refractivity (Wildman–Crippen MR) is 69.0 cm³/mol. The zero-order valence-electron chi connectivity index (χ0n) is 9.24. The molecule has 2 N–H and O–H groups in total. The van der Waals surface area contributed by atoms with E-state index in [1.807, 2.05) is 18.2 Å². The fourth-order valence-electron chi connectivity index (χ4n) is 1.72. The molecular formula is C12H13BrN2O2. The van der Waals surface area contributed by atoms with E-state index in [1.165, 1.54) is 0 Å². The molecule has 0 radical (unpaired) electrons. The molecule has 0 unspecified atom stereocenters. The van der Waals surface area contributed by atoms with Crippen molar-refractivity contribution in [2.24, 2.45) is 0 Å². The van der Waals surface area contributed by atoms with Crippen LogP contribution in [-0.4, -0.2) is 21.0 Å². The lowest BCUT2D eigenvalue weighted by Gasteiger charge is -1.95. The van der Waals surface area contributed by atoms with Gasteiger partial charge in [-0.3, -0.25) is 4.79 Å². The predicted octanol–water partition coefficient (Wildman–Crippen LogP) is 3.12. The summed E-state index contributed by atoms with van der Waals surface area (Å²) in [6, 6.07) is 5.90. The van der Waals surface area contributed by atoms with Gasteiger partial charge in [-0.05, 0) is 31.0 Å². The first kappa shape index (κ1) is 12.1. The van der Waals surface area contributed by atoms with Gasteiger partial charge in [-0.2, -0.15) is 0 Å². The SMILES string of the molecule is O=C(O)CCCCc1nc2ccc(Br)cc2[nH]1. The summed E-state index contributed by atoms with van der Waals surface area (Å²) in [7, 11) is 0. The molecule has 1 heterocycles. The van der Waals surface area contributed by atoms with Crippen molar-refractivity contribution in [1.82, 2.24) is 9.97 Å². The van der Waals surface area contributed by atoms with Crippen LogP contribution in [0.25, 0.3) is 11.0 Å². The third kappa shape index (κ3) is 3.30. The molecule has 90 valence electrons. The monoisotopic (exact) mass is 296 g/mol. The van der Waals surface area contributed by atoms with E-state index in [2.05, 4.69) is 25.9 Å². The first-order valence-corrected chi connectivity index (χ1v) is 6.30. The number of aromatic amines is 1. The van der Waals surface area contributed by atoms with Crippen LogP contribution >= 0.6 is 15.9 Å². The lowest BCUT2D eigenvalue weighted by molar-refractivity contribution is -0.137. The largest absolute Gasteiger partial charge is 0.481 e. The van der Waals surface area contributed by atoms with Gasteiger partial charge >= 0.3 is 5.97 Å². The quantitative estimate of drug-likeness (QED) is 0.833. The van der Waals surface area contributed by atoms with Crippen LogP contribution in [0.2, 0.25) is 0 Å². The number of carbonyl (C=O) groups is 1. The molecule has 2 aromatic rings. The summed E-state index contributed by atoms with van der Waals surface area (Å²) >= 11 is 3.41. The summed E-state index contributed by atoms with van der Waals surface area (Å²) in [4.78, 5) is 18.0. The van der Waals surface area contributed by atoms with Gasteiger partial charge in [-0.25, -0.2) is 4.98 Å². The maximum Gasteiger partial charge on any atom is 0.303 e. The van der Waals surface area contributed by atoms with Crippen LogP contribution in [0, 0.1) is 0 Å². The summed E-state index contributed by atoms with van der Waals surface area (Å²) in [5.74, 6) is 0.182. The number of aryl methyl sites for hydroxylation is 1. The number of unbranched alkanes of at least 4 members (excludes halogenated alkanes) is 1. The number of carboxylic acid groups (broad SMARTS) is 1. The molecule has 2 rings (SSSR count). The first-order chi connectivity index (χ1) is 8.15. The minimum absolute atomic E-state index is 0.228. The Morgan fingerprint density at radius 1 is 1.41 bits per heavy atom. The normalized spacial score (nSPS) is 10.9. The highest BCUT2D eigenvalue weighted by Gasteiger charge is 2.03. The van der Waals surface area contributed by atoms with Crippen LogP contribution in [0.5, 0.6) is 0 Å². The summed E-state index contributed by atoms with van der Waals surface area (Å²) in [6.45, 7) is 0. The summed E-state index contributed by atoms with van der Waals surface area (Å²) in [6.07, 6.45) is 2.55. The Balaban J connectivity index is 1.97. The molecule has 1 aromatic heterocycles. The molecular weight excluding hydrogens is 284 g/mol. The Labute approximate surface area is 107 Å². The maximum atomic E-state index is 10.4. The second kappa shape index (κ2) is 5.31. The third-order valence-corrected chi connectivity index (χ3v) is 3.04. The average Bonchev–Trinajstić information content (AvgIpc) is 2.66. The van der Waals surface area contributed by atoms with E-state index in [0.29, 0.717) is 6.42 Å². The smallest absolute Gasteiger partial charge is 0.303 e. The van der Waals surface area contributed by atoms with E-state index >= 15 is 0 Å². The highest BCUT2D eigenvalue weighted by Crippen LogP contribution is 2.18. The Morgan fingerprint density at radius 3 is 3.00 bits per heavy atom. The Bertz CT molecular complexity index is 536. The number of hydrogen-bond acceptors (Lipinski definition) is 2. The number of hydrogen-bond donors (Lipinski definition) is 2. The standard InChI is InChI=1S/C12H13BrN2O2/c13-8-5-6-9-10(7-8)15-11(14-9)3-1-2-4-12(16)17/h5-7H,1-4H2,(H,14,15)(H,16,17). The van der Waals surface area contributed by atoms with Crippen LogP contribution in [0.15, 0.2) is 22.7 Å². The minimum atomic E-state index is -0.737.